The molecule has 0 aliphatic carbocycles. The molecule has 5 nitrogen and oxygen atoms in total. The van der Waals surface area contributed by atoms with Crippen LogP contribution in [-0.4, -0.2) is 21.9 Å². The minimum Gasteiger partial charge on any atom is -0.497 e. The van der Waals surface area contributed by atoms with E-state index in [2.05, 4.69) is 15.5 Å². The van der Waals surface area contributed by atoms with Gasteiger partial charge in [0, 0.05) is 25.2 Å². The van der Waals surface area contributed by atoms with Gasteiger partial charge in [-0.15, -0.1) is 10.2 Å². The number of hydrogen-bond donors (Lipinski definition) is 1. The summed E-state index contributed by atoms with van der Waals surface area (Å²) in [4.78, 5) is 0. The van der Waals surface area contributed by atoms with Crippen LogP contribution in [0.1, 0.15) is 24.4 Å². The fourth-order valence-electron chi connectivity index (χ4n) is 1.84. The largest absolute Gasteiger partial charge is 0.497 e. The molecule has 19 heavy (non-hydrogen) atoms. The minimum atomic E-state index is -0.281. The van der Waals surface area contributed by atoms with Gasteiger partial charge in [-0.1, -0.05) is 6.07 Å². The van der Waals surface area contributed by atoms with Crippen LogP contribution in [0.5, 0.6) is 5.75 Å². The molecule has 0 amide bonds. The van der Waals surface area contributed by atoms with Crippen LogP contribution in [0.3, 0.4) is 0 Å². The van der Waals surface area contributed by atoms with E-state index in [1.807, 2.05) is 18.5 Å². The fourth-order valence-corrected chi connectivity index (χ4v) is 1.84. The standard InChI is InChI=1S/C13H17FN4O/c1-9(13-17-16-8-18(13)2)15-7-10-4-5-11(19-3)6-12(10)14/h4-6,8-9,15H,7H2,1-3H3. The molecule has 1 atom stereocenters. The molecule has 102 valence electrons. The number of hydrogen-bond acceptors (Lipinski definition) is 4. The third-order valence-electron chi connectivity index (χ3n) is 2.99. The van der Waals surface area contributed by atoms with E-state index in [0.717, 1.165) is 5.82 Å². The molecule has 0 radical (unpaired) electrons. The molecule has 1 aromatic carbocycles. The molecule has 0 bridgehead atoms. The highest BCUT2D eigenvalue weighted by Gasteiger charge is 2.12. The average molecular weight is 264 g/mol. The van der Waals surface area contributed by atoms with Crippen molar-refractivity contribution in [1.29, 1.82) is 0 Å². The van der Waals surface area contributed by atoms with Gasteiger partial charge in [-0.25, -0.2) is 4.39 Å². The molecular formula is C13H17FN4O. The first-order valence-corrected chi connectivity index (χ1v) is 6.01. The number of nitrogens with zero attached hydrogens (tertiary/aromatic N) is 3. The predicted molar refractivity (Wildman–Crippen MR) is 69.2 cm³/mol. The second-order valence-corrected chi connectivity index (χ2v) is 4.36. The first-order chi connectivity index (χ1) is 9.11. The zero-order valence-corrected chi connectivity index (χ0v) is 11.2. The summed E-state index contributed by atoms with van der Waals surface area (Å²) in [6.07, 6.45) is 1.64. The van der Waals surface area contributed by atoms with Crippen molar-refractivity contribution in [3.05, 3.63) is 41.7 Å². The first kappa shape index (κ1) is 13.5. The maximum Gasteiger partial charge on any atom is 0.149 e. The lowest BCUT2D eigenvalue weighted by Gasteiger charge is -2.13. The molecule has 2 rings (SSSR count). The molecule has 0 spiro atoms. The van der Waals surface area contributed by atoms with Crippen LogP contribution < -0.4 is 10.1 Å². The van der Waals surface area contributed by atoms with E-state index in [0.29, 0.717) is 17.9 Å². The SMILES string of the molecule is COc1ccc(CNC(C)c2nncn2C)c(F)c1. The van der Waals surface area contributed by atoms with E-state index in [1.165, 1.54) is 13.2 Å². The summed E-state index contributed by atoms with van der Waals surface area (Å²) in [5.74, 6) is 1.05. The fraction of sp³-hybridized carbons (Fsp3) is 0.385. The quantitative estimate of drug-likeness (QED) is 0.895. The summed E-state index contributed by atoms with van der Waals surface area (Å²) in [6.45, 7) is 2.38. The van der Waals surface area contributed by atoms with Crippen molar-refractivity contribution >= 4 is 0 Å². The number of halogens is 1. The van der Waals surface area contributed by atoms with E-state index >= 15 is 0 Å². The number of nitrogens with one attached hydrogen (secondary N) is 1. The lowest BCUT2D eigenvalue weighted by Crippen LogP contribution is -2.21. The Morgan fingerprint density at radius 2 is 2.26 bits per heavy atom. The summed E-state index contributed by atoms with van der Waals surface area (Å²) < 4.78 is 20.6. The monoisotopic (exact) mass is 264 g/mol. The third-order valence-corrected chi connectivity index (χ3v) is 2.99. The second-order valence-electron chi connectivity index (χ2n) is 4.36. The zero-order valence-electron chi connectivity index (χ0n) is 11.2. The van der Waals surface area contributed by atoms with Crippen molar-refractivity contribution in [2.24, 2.45) is 7.05 Å². The van der Waals surface area contributed by atoms with E-state index in [-0.39, 0.29) is 11.9 Å². The smallest absolute Gasteiger partial charge is 0.149 e. The Balaban J connectivity index is 2.01. The number of ether oxygens (including phenoxy) is 1. The molecule has 0 saturated heterocycles. The van der Waals surface area contributed by atoms with Crippen molar-refractivity contribution in [3.8, 4) is 5.75 Å². The Bertz CT molecular complexity index is 555. The van der Waals surface area contributed by atoms with Gasteiger partial charge in [-0.2, -0.15) is 0 Å². The van der Waals surface area contributed by atoms with Crippen LogP contribution >= 0.6 is 0 Å². The van der Waals surface area contributed by atoms with E-state index in [4.69, 9.17) is 4.74 Å². The summed E-state index contributed by atoms with van der Waals surface area (Å²) in [6, 6.07) is 4.83. The Morgan fingerprint density at radius 1 is 1.47 bits per heavy atom. The van der Waals surface area contributed by atoms with Gasteiger partial charge >= 0.3 is 0 Å². The summed E-state index contributed by atoms with van der Waals surface area (Å²) in [5, 5.41) is 11.1. The van der Waals surface area contributed by atoms with Crippen LogP contribution in [0, 0.1) is 5.82 Å². The topological polar surface area (TPSA) is 52.0 Å². The summed E-state index contributed by atoms with van der Waals surface area (Å²) in [5.41, 5.74) is 0.592. The van der Waals surface area contributed by atoms with Crippen molar-refractivity contribution in [1.82, 2.24) is 20.1 Å². The summed E-state index contributed by atoms with van der Waals surface area (Å²) in [7, 11) is 3.39. The van der Waals surface area contributed by atoms with Gasteiger partial charge in [0.05, 0.1) is 13.2 Å². The van der Waals surface area contributed by atoms with Crippen LogP contribution in [0.25, 0.3) is 0 Å². The molecule has 1 N–H and O–H groups in total. The molecule has 0 fully saturated rings. The average Bonchev–Trinajstić information content (AvgIpc) is 2.83. The Morgan fingerprint density at radius 3 is 2.84 bits per heavy atom. The number of benzene rings is 1. The molecule has 1 unspecified atom stereocenters. The van der Waals surface area contributed by atoms with Crippen LogP contribution in [0.4, 0.5) is 4.39 Å². The van der Waals surface area contributed by atoms with Gasteiger partial charge < -0.3 is 14.6 Å². The van der Waals surface area contributed by atoms with Crippen LogP contribution in [0.15, 0.2) is 24.5 Å². The predicted octanol–water partition coefficient (Wildman–Crippen LogP) is 1.81. The number of aryl methyl sites for hydroxylation is 1. The Kier molecular flexibility index (Phi) is 4.11. The third kappa shape index (κ3) is 3.08. The van der Waals surface area contributed by atoms with Crippen LogP contribution in [-0.2, 0) is 13.6 Å². The summed E-state index contributed by atoms with van der Waals surface area (Å²) >= 11 is 0. The van der Waals surface area contributed by atoms with Gasteiger partial charge in [0.25, 0.3) is 0 Å². The molecule has 1 aromatic heterocycles. The highest BCUT2D eigenvalue weighted by Crippen LogP contribution is 2.17. The highest BCUT2D eigenvalue weighted by atomic mass is 19.1. The van der Waals surface area contributed by atoms with Gasteiger partial charge in [0.15, 0.2) is 0 Å². The van der Waals surface area contributed by atoms with Crippen molar-refractivity contribution < 1.29 is 9.13 Å². The molecular weight excluding hydrogens is 247 g/mol. The Labute approximate surface area is 111 Å². The number of methoxy groups -OCH3 is 1. The van der Waals surface area contributed by atoms with E-state index < -0.39 is 0 Å². The Hall–Kier alpha value is -1.95. The highest BCUT2D eigenvalue weighted by molar-refractivity contribution is 5.28. The lowest BCUT2D eigenvalue weighted by molar-refractivity contribution is 0.410. The van der Waals surface area contributed by atoms with Crippen molar-refractivity contribution in [2.45, 2.75) is 19.5 Å². The number of aromatic nitrogens is 3. The molecule has 0 aliphatic rings. The van der Waals surface area contributed by atoms with E-state index in [9.17, 15) is 4.39 Å². The minimum absolute atomic E-state index is 0.00555. The van der Waals surface area contributed by atoms with Crippen molar-refractivity contribution in [2.75, 3.05) is 7.11 Å². The first-order valence-electron chi connectivity index (χ1n) is 6.01. The molecule has 0 aliphatic heterocycles. The van der Waals surface area contributed by atoms with Gasteiger partial charge in [0.2, 0.25) is 0 Å². The van der Waals surface area contributed by atoms with Crippen LogP contribution in [0.2, 0.25) is 0 Å². The van der Waals surface area contributed by atoms with Gasteiger partial charge in [0.1, 0.15) is 23.7 Å². The normalized spacial score (nSPS) is 12.4. The molecule has 6 heteroatoms. The van der Waals surface area contributed by atoms with Crippen molar-refractivity contribution in [3.63, 3.8) is 0 Å². The number of rotatable bonds is 5. The second kappa shape index (κ2) is 5.79. The maximum absolute atomic E-state index is 13.8. The molecule has 2 aromatic rings. The van der Waals surface area contributed by atoms with E-state index in [1.54, 1.807) is 18.5 Å². The van der Waals surface area contributed by atoms with Gasteiger partial charge in [-0.3, -0.25) is 0 Å². The molecule has 1 heterocycles. The molecule has 0 saturated carbocycles. The maximum atomic E-state index is 13.8. The zero-order chi connectivity index (χ0) is 13.8. The van der Waals surface area contributed by atoms with Gasteiger partial charge in [-0.05, 0) is 13.0 Å². The lowest BCUT2D eigenvalue weighted by atomic mass is 10.2.